The maximum absolute atomic E-state index is 12.4. The van der Waals surface area contributed by atoms with Crippen LogP contribution in [0.1, 0.15) is 37.0 Å². The number of halogens is 1. The Kier molecular flexibility index (Phi) is 4.39. The number of carbonyl (C=O) groups excluding carboxylic acids is 1. The first-order valence-electron chi connectivity index (χ1n) is 6.64. The summed E-state index contributed by atoms with van der Waals surface area (Å²) in [4.78, 5) is 14.3. The van der Waals surface area contributed by atoms with E-state index in [1.165, 1.54) is 24.3 Å². The highest BCUT2D eigenvalue weighted by atomic mass is 35.7. The number of benzene rings is 1. The second-order valence-corrected chi connectivity index (χ2v) is 8.01. The van der Waals surface area contributed by atoms with Gasteiger partial charge in [-0.15, -0.1) is 0 Å². The number of hydrogen-bond donors (Lipinski definition) is 0. The third kappa shape index (κ3) is 3.33. The molecule has 110 valence electrons. The predicted molar refractivity (Wildman–Crippen MR) is 78.4 cm³/mol. The molecule has 2 atom stereocenters. The van der Waals surface area contributed by atoms with E-state index in [1.54, 1.807) is 0 Å². The molecule has 2 unspecified atom stereocenters. The zero-order valence-electron chi connectivity index (χ0n) is 11.5. The van der Waals surface area contributed by atoms with Crippen LogP contribution in [0, 0.1) is 5.92 Å². The molecule has 0 aromatic heterocycles. The number of hydrogen-bond acceptors (Lipinski definition) is 3. The fourth-order valence-corrected chi connectivity index (χ4v) is 3.40. The van der Waals surface area contributed by atoms with Crippen LogP contribution in [0.3, 0.4) is 0 Å². The molecule has 0 bridgehead atoms. The summed E-state index contributed by atoms with van der Waals surface area (Å²) in [5.74, 6) is 0.584. The van der Waals surface area contributed by atoms with Crippen molar-refractivity contribution in [3.63, 3.8) is 0 Å². The van der Waals surface area contributed by atoms with E-state index in [9.17, 15) is 13.2 Å². The van der Waals surface area contributed by atoms with Crippen molar-refractivity contribution in [2.75, 3.05) is 6.54 Å². The van der Waals surface area contributed by atoms with Crippen LogP contribution >= 0.6 is 10.7 Å². The van der Waals surface area contributed by atoms with Gasteiger partial charge in [0.2, 0.25) is 0 Å². The minimum absolute atomic E-state index is 0.0102. The summed E-state index contributed by atoms with van der Waals surface area (Å²) in [5.41, 5.74) is 0.496. The van der Waals surface area contributed by atoms with Gasteiger partial charge < -0.3 is 4.90 Å². The van der Waals surface area contributed by atoms with Gasteiger partial charge in [0, 0.05) is 28.8 Å². The fourth-order valence-electron chi connectivity index (χ4n) is 2.63. The lowest BCUT2D eigenvalue weighted by molar-refractivity contribution is 0.0588. The van der Waals surface area contributed by atoms with E-state index in [2.05, 4.69) is 6.92 Å². The van der Waals surface area contributed by atoms with Gasteiger partial charge in [-0.2, -0.15) is 0 Å². The van der Waals surface area contributed by atoms with Gasteiger partial charge in [0.1, 0.15) is 0 Å². The quantitative estimate of drug-likeness (QED) is 0.789. The molecule has 1 heterocycles. The fraction of sp³-hybridized carbons (Fsp3) is 0.500. The number of amides is 1. The molecule has 1 aliphatic rings. The highest BCUT2D eigenvalue weighted by Gasteiger charge is 2.27. The van der Waals surface area contributed by atoms with Crippen molar-refractivity contribution in [2.24, 2.45) is 5.92 Å². The van der Waals surface area contributed by atoms with E-state index >= 15 is 0 Å². The van der Waals surface area contributed by atoms with Crippen molar-refractivity contribution in [1.29, 1.82) is 0 Å². The molecule has 0 spiro atoms. The second-order valence-electron chi connectivity index (χ2n) is 5.44. The van der Waals surface area contributed by atoms with E-state index in [0.717, 1.165) is 19.4 Å². The average Bonchev–Trinajstić information content (AvgIpc) is 2.37. The first-order valence-corrected chi connectivity index (χ1v) is 8.95. The van der Waals surface area contributed by atoms with Crippen molar-refractivity contribution < 1.29 is 13.2 Å². The summed E-state index contributed by atoms with van der Waals surface area (Å²) < 4.78 is 22.3. The molecule has 6 heteroatoms. The Morgan fingerprint density at radius 3 is 2.35 bits per heavy atom. The Labute approximate surface area is 124 Å². The summed E-state index contributed by atoms with van der Waals surface area (Å²) in [6, 6.07) is 5.98. The minimum Gasteiger partial charge on any atom is -0.336 e. The second kappa shape index (κ2) is 5.74. The maximum atomic E-state index is 12.4. The lowest BCUT2D eigenvalue weighted by atomic mass is 9.93. The Morgan fingerprint density at radius 2 is 1.85 bits per heavy atom. The van der Waals surface area contributed by atoms with E-state index in [0.29, 0.717) is 11.5 Å². The molecule has 1 aromatic rings. The van der Waals surface area contributed by atoms with Crippen LogP contribution in [0.25, 0.3) is 0 Å². The lowest BCUT2D eigenvalue weighted by Gasteiger charge is -2.36. The van der Waals surface area contributed by atoms with Gasteiger partial charge in [0.15, 0.2) is 0 Å². The molecule has 0 radical (unpaired) electrons. The zero-order valence-corrected chi connectivity index (χ0v) is 13.1. The molecule has 0 N–H and O–H groups in total. The smallest absolute Gasteiger partial charge is 0.261 e. The molecule has 1 amide bonds. The van der Waals surface area contributed by atoms with Crippen LogP contribution in [-0.2, 0) is 9.05 Å². The predicted octanol–water partition coefficient (Wildman–Crippen LogP) is 2.87. The van der Waals surface area contributed by atoms with Crippen LogP contribution < -0.4 is 0 Å². The van der Waals surface area contributed by atoms with Gasteiger partial charge in [-0.25, -0.2) is 8.42 Å². The Bertz CT molecular complexity index is 597. The highest BCUT2D eigenvalue weighted by Crippen LogP contribution is 2.24. The van der Waals surface area contributed by atoms with Crippen molar-refractivity contribution in [2.45, 2.75) is 37.6 Å². The zero-order chi connectivity index (χ0) is 14.9. The van der Waals surface area contributed by atoms with Crippen LogP contribution in [0.2, 0.25) is 0 Å². The minimum atomic E-state index is -3.74. The third-order valence-corrected chi connectivity index (χ3v) is 5.15. The molecular formula is C14H18ClNO3S. The van der Waals surface area contributed by atoms with E-state index < -0.39 is 9.05 Å². The van der Waals surface area contributed by atoms with Gasteiger partial charge in [-0.3, -0.25) is 4.79 Å². The number of rotatable bonds is 2. The number of nitrogens with zero attached hydrogens (tertiary/aromatic N) is 1. The lowest BCUT2D eigenvalue weighted by Crippen LogP contribution is -2.44. The molecule has 1 fully saturated rings. The number of carbonyl (C=O) groups is 1. The first-order chi connectivity index (χ1) is 9.29. The van der Waals surface area contributed by atoms with Crippen LogP contribution in [0.4, 0.5) is 0 Å². The molecular weight excluding hydrogens is 298 g/mol. The van der Waals surface area contributed by atoms with Gasteiger partial charge in [0.25, 0.3) is 15.0 Å². The Hall–Kier alpha value is -1.07. The monoisotopic (exact) mass is 315 g/mol. The van der Waals surface area contributed by atoms with Crippen LogP contribution in [-0.4, -0.2) is 31.8 Å². The highest BCUT2D eigenvalue weighted by molar-refractivity contribution is 8.13. The van der Waals surface area contributed by atoms with Gasteiger partial charge >= 0.3 is 0 Å². The standard InChI is InChI=1S/C14H18ClNO3S/c1-10-7-8-16(11(2)9-10)14(17)12-3-5-13(6-4-12)20(15,18)19/h3-6,10-11H,7-9H2,1-2H3. The van der Waals surface area contributed by atoms with Gasteiger partial charge in [-0.05, 0) is 49.9 Å². The van der Waals surface area contributed by atoms with E-state index in [4.69, 9.17) is 10.7 Å². The molecule has 1 aliphatic heterocycles. The van der Waals surface area contributed by atoms with E-state index in [-0.39, 0.29) is 16.8 Å². The normalized spacial score (nSPS) is 23.6. The summed E-state index contributed by atoms with van der Waals surface area (Å²) in [7, 11) is 1.51. The Balaban J connectivity index is 2.17. The molecule has 2 rings (SSSR count). The maximum Gasteiger partial charge on any atom is 0.261 e. The first kappa shape index (κ1) is 15.3. The summed E-state index contributed by atoms with van der Waals surface area (Å²) >= 11 is 0. The van der Waals surface area contributed by atoms with E-state index in [1.807, 2.05) is 11.8 Å². The number of piperidine rings is 1. The van der Waals surface area contributed by atoms with Gasteiger partial charge in [0.05, 0.1) is 4.90 Å². The molecule has 1 aromatic carbocycles. The SMILES string of the molecule is CC1CCN(C(=O)c2ccc(S(=O)(=O)Cl)cc2)C(C)C1. The molecule has 20 heavy (non-hydrogen) atoms. The molecule has 0 saturated carbocycles. The van der Waals surface area contributed by atoms with Crippen LogP contribution in [0.15, 0.2) is 29.2 Å². The molecule has 4 nitrogen and oxygen atoms in total. The topological polar surface area (TPSA) is 54.5 Å². The van der Waals surface area contributed by atoms with Gasteiger partial charge in [-0.1, -0.05) is 6.92 Å². The average molecular weight is 316 g/mol. The number of likely N-dealkylation sites (tertiary alicyclic amines) is 1. The molecule has 1 saturated heterocycles. The van der Waals surface area contributed by atoms with Crippen molar-refractivity contribution in [3.8, 4) is 0 Å². The van der Waals surface area contributed by atoms with Crippen LogP contribution in [0.5, 0.6) is 0 Å². The Morgan fingerprint density at radius 1 is 1.25 bits per heavy atom. The van der Waals surface area contributed by atoms with Crippen molar-refractivity contribution >= 4 is 25.6 Å². The summed E-state index contributed by atoms with van der Waals surface area (Å²) in [6.07, 6.45) is 2.00. The largest absolute Gasteiger partial charge is 0.336 e. The summed E-state index contributed by atoms with van der Waals surface area (Å²) in [5, 5.41) is 0. The molecule has 0 aliphatic carbocycles. The third-order valence-electron chi connectivity index (χ3n) is 3.78. The van der Waals surface area contributed by atoms with Crippen molar-refractivity contribution in [1.82, 2.24) is 4.90 Å². The van der Waals surface area contributed by atoms with Crippen molar-refractivity contribution in [3.05, 3.63) is 29.8 Å². The summed E-state index contributed by atoms with van der Waals surface area (Å²) in [6.45, 7) is 4.99.